The van der Waals surface area contributed by atoms with Crippen molar-refractivity contribution >= 4 is 33.8 Å². The number of hydrazone groups is 1. The molecule has 0 amide bonds. The fourth-order valence-electron chi connectivity index (χ4n) is 2.59. The Balaban J connectivity index is 1.64. The average Bonchev–Trinajstić information content (AvgIpc) is 3.19. The number of halogens is 2. The molecule has 4 nitrogen and oxygen atoms in total. The Kier molecular flexibility index (Phi) is 5.41. The summed E-state index contributed by atoms with van der Waals surface area (Å²) < 4.78 is 13.4. The molecule has 0 aliphatic carbocycles. The van der Waals surface area contributed by atoms with E-state index in [1.54, 1.807) is 24.4 Å². The number of rotatable bonds is 5. The number of hydrogen-bond acceptors (Lipinski definition) is 5. The van der Waals surface area contributed by atoms with Crippen LogP contribution in [-0.4, -0.2) is 15.7 Å². The fourth-order valence-corrected chi connectivity index (χ4v) is 3.38. The van der Waals surface area contributed by atoms with Crippen molar-refractivity contribution in [2.75, 3.05) is 5.43 Å². The van der Waals surface area contributed by atoms with E-state index in [9.17, 15) is 4.39 Å². The summed E-state index contributed by atoms with van der Waals surface area (Å²) in [6, 6.07) is 19.4. The van der Waals surface area contributed by atoms with Crippen LogP contribution in [0.1, 0.15) is 11.3 Å². The van der Waals surface area contributed by atoms with E-state index < -0.39 is 0 Å². The quantitative estimate of drug-likeness (QED) is 0.332. The third kappa shape index (κ3) is 4.24. The highest BCUT2D eigenvalue weighted by Crippen LogP contribution is 2.25. The second-order valence-electron chi connectivity index (χ2n) is 5.84. The Hall–Kier alpha value is -3.09. The number of nitrogens with zero attached hydrogens (tertiary/aromatic N) is 3. The lowest BCUT2D eigenvalue weighted by atomic mass is 10.1. The number of nitrogens with one attached hydrogen (secondary N) is 1. The molecule has 4 aromatic rings. The van der Waals surface area contributed by atoms with Crippen LogP contribution in [0.4, 0.5) is 9.52 Å². The number of anilines is 1. The van der Waals surface area contributed by atoms with E-state index in [0.29, 0.717) is 21.6 Å². The molecule has 0 atom stereocenters. The Bertz CT molecular complexity index is 1110. The zero-order valence-corrected chi connectivity index (χ0v) is 16.1. The first kappa shape index (κ1) is 18.3. The number of aromatic nitrogens is 2. The Morgan fingerprint density at radius 3 is 2.64 bits per heavy atom. The first-order chi connectivity index (χ1) is 13.7. The van der Waals surface area contributed by atoms with Gasteiger partial charge in [-0.25, -0.2) is 9.37 Å². The van der Waals surface area contributed by atoms with Crippen molar-refractivity contribution in [1.29, 1.82) is 0 Å². The molecule has 1 N–H and O–H groups in total. The summed E-state index contributed by atoms with van der Waals surface area (Å²) in [6.07, 6.45) is 1.71. The Morgan fingerprint density at radius 2 is 1.89 bits per heavy atom. The molecule has 0 unspecified atom stereocenters. The van der Waals surface area contributed by atoms with Gasteiger partial charge in [0.15, 0.2) is 0 Å². The summed E-state index contributed by atoms with van der Waals surface area (Å²) in [4.78, 5) is 8.88. The zero-order valence-electron chi connectivity index (χ0n) is 14.5. The van der Waals surface area contributed by atoms with Crippen LogP contribution >= 0.6 is 22.9 Å². The van der Waals surface area contributed by atoms with E-state index in [1.807, 2.05) is 41.8 Å². The van der Waals surface area contributed by atoms with Gasteiger partial charge in [0.05, 0.1) is 11.4 Å². The maximum absolute atomic E-state index is 13.4. The minimum Gasteiger partial charge on any atom is -0.255 e. The second-order valence-corrected chi connectivity index (χ2v) is 7.14. The van der Waals surface area contributed by atoms with Crippen LogP contribution in [0.3, 0.4) is 0 Å². The maximum Gasteiger partial charge on any atom is 0.203 e. The van der Waals surface area contributed by atoms with Gasteiger partial charge in [-0.2, -0.15) is 5.10 Å². The van der Waals surface area contributed by atoms with Gasteiger partial charge in [-0.1, -0.05) is 41.9 Å². The van der Waals surface area contributed by atoms with Gasteiger partial charge in [-0.05, 0) is 36.4 Å². The van der Waals surface area contributed by atoms with Crippen LogP contribution in [0.15, 0.2) is 83.4 Å². The molecule has 0 bridgehead atoms. The molecule has 0 saturated heterocycles. The number of hydrogen-bond donors (Lipinski definition) is 1. The van der Waals surface area contributed by atoms with Gasteiger partial charge in [0.1, 0.15) is 11.5 Å². The number of thiazole rings is 1. The van der Waals surface area contributed by atoms with Crippen LogP contribution in [0.5, 0.6) is 0 Å². The van der Waals surface area contributed by atoms with E-state index in [1.165, 1.54) is 23.5 Å². The van der Waals surface area contributed by atoms with Crippen LogP contribution in [-0.2, 0) is 0 Å². The number of pyridine rings is 1. The summed E-state index contributed by atoms with van der Waals surface area (Å²) in [5.74, 6) is -0.293. The fraction of sp³-hybridized carbons (Fsp3) is 0. The number of benzene rings is 2. The largest absolute Gasteiger partial charge is 0.255 e. The van der Waals surface area contributed by atoms with Crippen molar-refractivity contribution in [2.45, 2.75) is 0 Å². The highest BCUT2D eigenvalue weighted by Gasteiger charge is 2.10. The van der Waals surface area contributed by atoms with Gasteiger partial charge in [0.2, 0.25) is 5.13 Å². The van der Waals surface area contributed by atoms with Crippen LogP contribution in [0.2, 0.25) is 5.02 Å². The van der Waals surface area contributed by atoms with Crippen molar-refractivity contribution in [3.8, 4) is 11.3 Å². The molecule has 0 radical (unpaired) electrons. The summed E-state index contributed by atoms with van der Waals surface area (Å²) in [5, 5.41) is 7.63. The molecule has 0 aliphatic heterocycles. The van der Waals surface area contributed by atoms with Crippen LogP contribution in [0.25, 0.3) is 11.3 Å². The van der Waals surface area contributed by atoms with Crippen LogP contribution in [0, 0.1) is 5.82 Å². The standard InChI is InChI=1S/C21H14ClFN4S/c22-16-9-7-14(8-10-16)20(18-6-1-2-11-24-18)26-27-21-25-19(13-28-21)15-4-3-5-17(23)12-15/h1-13H,(H,25,27). The lowest BCUT2D eigenvalue weighted by Gasteiger charge is -2.06. The molecule has 0 saturated carbocycles. The minimum absolute atomic E-state index is 0.293. The summed E-state index contributed by atoms with van der Waals surface area (Å²) in [5.41, 5.74) is 6.66. The van der Waals surface area contributed by atoms with Gasteiger partial charge in [0.25, 0.3) is 0 Å². The van der Waals surface area contributed by atoms with Crippen molar-refractivity contribution < 1.29 is 4.39 Å². The highest BCUT2D eigenvalue weighted by molar-refractivity contribution is 7.14. The minimum atomic E-state index is -0.293. The average molecular weight is 409 g/mol. The lowest BCUT2D eigenvalue weighted by Crippen LogP contribution is -2.08. The molecule has 2 aromatic heterocycles. The molecule has 2 aromatic carbocycles. The smallest absolute Gasteiger partial charge is 0.203 e. The van der Waals surface area contributed by atoms with Gasteiger partial charge in [-0.15, -0.1) is 11.3 Å². The molecule has 7 heteroatoms. The summed E-state index contributed by atoms with van der Waals surface area (Å²) >= 11 is 7.39. The van der Waals surface area contributed by atoms with Crippen molar-refractivity contribution in [2.24, 2.45) is 5.10 Å². The van der Waals surface area contributed by atoms with Gasteiger partial charge >= 0.3 is 0 Å². The SMILES string of the molecule is Fc1cccc(-c2csc(NN=C(c3ccc(Cl)cc3)c3ccccn3)n2)c1. The van der Waals surface area contributed by atoms with E-state index in [-0.39, 0.29) is 5.82 Å². The van der Waals surface area contributed by atoms with Crippen LogP contribution < -0.4 is 5.43 Å². The first-order valence-corrected chi connectivity index (χ1v) is 9.67. The third-order valence-electron chi connectivity index (χ3n) is 3.91. The first-order valence-electron chi connectivity index (χ1n) is 8.41. The lowest BCUT2D eigenvalue weighted by molar-refractivity contribution is 0.628. The predicted octanol–water partition coefficient (Wildman–Crippen LogP) is 5.86. The molecule has 138 valence electrons. The van der Waals surface area contributed by atoms with E-state index >= 15 is 0 Å². The van der Waals surface area contributed by atoms with Gasteiger partial charge in [0, 0.05) is 27.7 Å². The molecule has 2 heterocycles. The molecule has 0 fully saturated rings. The molecular weight excluding hydrogens is 395 g/mol. The van der Waals surface area contributed by atoms with Crippen molar-refractivity contribution in [1.82, 2.24) is 9.97 Å². The molecule has 0 aliphatic rings. The molecular formula is C21H14ClFN4S. The monoisotopic (exact) mass is 408 g/mol. The van der Waals surface area contributed by atoms with E-state index in [2.05, 4.69) is 20.5 Å². The third-order valence-corrected chi connectivity index (χ3v) is 4.91. The Labute approximate surface area is 170 Å². The maximum atomic E-state index is 13.4. The van der Waals surface area contributed by atoms with Crippen molar-refractivity contribution in [3.63, 3.8) is 0 Å². The summed E-state index contributed by atoms with van der Waals surface area (Å²) in [7, 11) is 0. The highest BCUT2D eigenvalue weighted by atomic mass is 35.5. The summed E-state index contributed by atoms with van der Waals surface area (Å²) in [6.45, 7) is 0. The molecule has 0 spiro atoms. The normalized spacial score (nSPS) is 11.4. The van der Waals surface area contributed by atoms with Gasteiger partial charge in [-0.3, -0.25) is 10.4 Å². The van der Waals surface area contributed by atoms with Crippen molar-refractivity contribution in [3.05, 3.63) is 100 Å². The molecule has 4 rings (SSSR count). The van der Waals surface area contributed by atoms with E-state index in [0.717, 1.165) is 16.8 Å². The topological polar surface area (TPSA) is 50.2 Å². The Morgan fingerprint density at radius 1 is 1.04 bits per heavy atom. The predicted molar refractivity (Wildman–Crippen MR) is 112 cm³/mol. The molecule has 28 heavy (non-hydrogen) atoms. The zero-order chi connectivity index (χ0) is 19.3. The van der Waals surface area contributed by atoms with E-state index in [4.69, 9.17) is 11.6 Å². The second kappa shape index (κ2) is 8.29. The van der Waals surface area contributed by atoms with Gasteiger partial charge < -0.3 is 0 Å².